The van der Waals surface area contributed by atoms with Crippen LogP contribution in [0.3, 0.4) is 0 Å². The molecule has 1 saturated carbocycles. The molecule has 1 heterocycles. The van der Waals surface area contributed by atoms with Crippen LogP contribution in [-0.4, -0.2) is 19.4 Å². The van der Waals surface area contributed by atoms with Gasteiger partial charge in [0.05, 0.1) is 4.90 Å². The molecule has 2 aromatic rings. The third-order valence-corrected chi connectivity index (χ3v) is 4.19. The van der Waals surface area contributed by atoms with Crippen LogP contribution in [0.4, 0.5) is 0 Å². The summed E-state index contributed by atoms with van der Waals surface area (Å²) in [5, 5.41) is 0. The van der Waals surface area contributed by atoms with Crippen LogP contribution >= 0.6 is 0 Å². The molecule has 1 aromatic carbocycles. The van der Waals surface area contributed by atoms with Gasteiger partial charge in [-0.25, -0.2) is 18.1 Å². The SMILES string of the molecule is Cc1nc2ccc(S(=O)(=O)NC3CC3)cc2o1. The molecule has 1 aliphatic carbocycles. The molecule has 1 aromatic heterocycles. The van der Waals surface area contributed by atoms with Crippen molar-refractivity contribution in [2.75, 3.05) is 0 Å². The van der Waals surface area contributed by atoms with Crippen molar-refractivity contribution in [2.24, 2.45) is 0 Å². The van der Waals surface area contributed by atoms with E-state index in [1.165, 1.54) is 6.07 Å². The lowest BCUT2D eigenvalue weighted by Crippen LogP contribution is -2.25. The number of nitrogens with one attached hydrogen (secondary N) is 1. The molecule has 5 nitrogen and oxygen atoms in total. The lowest BCUT2D eigenvalue weighted by Gasteiger charge is -2.04. The minimum atomic E-state index is -3.42. The lowest BCUT2D eigenvalue weighted by atomic mass is 10.3. The molecule has 1 fully saturated rings. The van der Waals surface area contributed by atoms with E-state index < -0.39 is 10.0 Å². The standard InChI is InChI=1S/C11H12N2O3S/c1-7-12-10-5-4-9(6-11(10)16-7)17(14,15)13-8-2-3-8/h4-6,8,13H,2-3H2,1H3. The fourth-order valence-corrected chi connectivity index (χ4v) is 3.00. The average molecular weight is 252 g/mol. The fraction of sp³-hybridized carbons (Fsp3) is 0.364. The molecule has 0 bridgehead atoms. The number of nitrogens with zero attached hydrogens (tertiary/aromatic N) is 1. The van der Waals surface area contributed by atoms with Gasteiger partial charge in [0.2, 0.25) is 10.0 Å². The van der Waals surface area contributed by atoms with E-state index in [9.17, 15) is 8.42 Å². The second kappa shape index (κ2) is 3.54. The number of sulfonamides is 1. The van der Waals surface area contributed by atoms with Crippen molar-refractivity contribution in [3.8, 4) is 0 Å². The molecule has 0 spiro atoms. The minimum Gasteiger partial charge on any atom is -0.441 e. The normalized spacial score (nSPS) is 16.5. The summed E-state index contributed by atoms with van der Waals surface area (Å²) in [4.78, 5) is 4.36. The highest BCUT2D eigenvalue weighted by atomic mass is 32.2. The summed E-state index contributed by atoms with van der Waals surface area (Å²) in [6.07, 6.45) is 1.84. The van der Waals surface area contributed by atoms with Crippen molar-refractivity contribution >= 4 is 21.1 Å². The van der Waals surface area contributed by atoms with E-state index in [1.807, 2.05) is 0 Å². The van der Waals surface area contributed by atoms with Gasteiger partial charge < -0.3 is 4.42 Å². The van der Waals surface area contributed by atoms with Crippen molar-refractivity contribution < 1.29 is 12.8 Å². The molecule has 1 aliphatic rings. The summed E-state index contributed by atoms with van der Waals surface area (Å²) >= 11 is 0. The van der Waals surface area contributed by atoms with Gasteiger partial charge in [0.25, 0.3) is 0 Å². The Morgan fingerprint density at radius 2 is 2.18 bits per heavy atom. The predicted octanol–water partition coefficient (Wildman–Crippen LogP) is 1.58. The van der Waals surface area contributed by atoms with Gasteiger partial charge in [0.15, 0.2) is 11.5 Å². The first-order chi connectivity index (χ1) is 8.04. The van der Waals surface area contributed by atoms with E-state index in [0.717, 1.165) is 12.8 Å². The Balaban J connectivity index is 2.04. The van der Waals surface area contributed by atoms with Gasteiger partial charge >= 0.3 is 0 Å². The predicted molar refractivity (Wildman–Crippen MR) is 62.1 cm³/mol. The van der Waals surface area contributed by atoms with Crippen molar-refractivity contribution in [2.45, 2.75) is 30.7 Å². The highest BCUT2D eigenvalue weighted by Gasteiger charge is 2.28. The summed E-state index contributed by atoms with van der Waals surface area (Å²) in [7, 11) is -3.42. The van der Waals surface area contributed by atoms with Crippen LogP contribution in [0, 0.1) is 6.92 Å². The molecule has 6 heteroatoms. The number of benzene rings is 1. The maximum atomic E-state index is 12.0. The number of aromatic nitrogens is 1. The van der Waals surface area contributed by atoms with E-state index in [0.29, 0.717) is 17.0 Å². The van der Waals surface area contributed by atoms with Gasteiger partial charge in [0, 0.05) is 19.0 Å². The van der Waals surface area contributed by atoms with E-state index >= 15 is 0 Å². The summed E-state index contributed by atoms with van der Waals surface area (Å²) in [6, 6.07) is 4.83. The maximum Gasteiger partial charge on any atom is 0.240 e. The zero-order valence-corrected chi connectivity index (χ0v) is 10.1. The Hall–Kier alpha value is -1.40. The Kier molecular flexibility index (Phi) is 2.24. The third-order valence-electron chi connectivity index (χ3n) is 2.68. The van der Waals surface area contributed by atoms with Gasteiger partial charge in [-0.1, -0.05) is 0 Å². The summed E-state index contributed by atoms with van der Waals surface area (Å²) in [5.41, 5.74) is 1.18. The smallest absolute Gasteiger partial charge is 0.240 e. The molecular formula is C11H12N2O3S. The Morgan fingerprint density at radius 3 is 2.88 bits per heavy atom. The Morgan fingerprint density at radius 1 is 1.41 bits per heavy atom. The number of oxazole rings is 1. The fourth-order valence-electron chi connectivity index (χ4n) is 1.68. The number of hydrogen-bond donors (Lipinski definition) is 1. The molecule has 0 amide bonds. The zero-order valence-electron chi connectivity index (χ0n) is 9.30. The maximum absolute atomic E-state index is 12.0. The van der Waals surface area contributed by atoms with E-state index in [-0.39, 0.29) is 10.9 Å². The number of fused-ring (bicyclic) bond motifs is 1. The monoisotopic (exact) mass is 252 g/mol. The van der Waals surface area contributed by atoms with Crippen LogP contribution in [0.15, 0.2) is 27.5 Å². The topological polar surface area (TPSA) is 72.2 Å². The molecular weight excluding hydrogens is 240 g/mol. The first-order valence-electron chi connectivity index (χ1n) is 5.44. The van der Waals surface area contributed by atoms with Crippen molar-refractivity contribution in [1.82, 2.24) is 9.71 Å². The molecule has 17 heavy (non-hydrogen) atoms. The Bertz CT molecular complexity index is 671. The summed E-state index contributed by atoms with van der Waals surface area (Å²) in [5.74, 6) is 0.532. The van der Waals surface area contributed by atoms with E-state index in [4.69, 9.17) is 4.42 Å². The first-order valence-corrected chi connectivity index (χ1v) is 6.92. The van der Waals surface area contributed by atoms with Gasteiger partial charge in [-0.2, -0.15) is 0 Å². The van der Waals surface area contributed by atoms with Gasteiger partial charge in [0.1, 0.15) is 5.52 Å². The van der Waals surface area contributed by atoms with E-state index in [2.05, 4.69) is 9.71 Å². The third kappa shape index (κ3) is 2.05. The minimum absolute atomic E-state index is 0.104. The number of aryl methyl sites for hydroxylation is 1. The summed E-state index contributed by atoms with van der Waals surface area (Å²) < 4.78 is 31.9. The number of hydrogen-bond acceptors (Lipinski definition) is 4. The Labute approximate surface area is 98.9 Å². The second-order valence-electron chi connectivity index (χ2n) is 4.26. The molecule has 0 unspecified atom stereocenters. The van der Waals surface area contributed by atoms with Crippen molar-refractivity contribution in [3.63, 3.8) is 0 Å². The van der Waals surface area contributed by atoms with Crippen LogP contribution < -0.4 is 4.72 Å². The largest absolute Gasteiger partial charge is 0.441 e. The molecule has 90 valence electrons. The van der Waals surface area contributed by atoms with Crippen LogP contribution in [0.25, 0.3) is 11.1 Å². The molecule has 0 radical (unpaired) electrons. The van der Waals surface area contributed by atoms with Gasteiger partial charge in [-0.3, -0.25) is 0 Å². The first kappa shape index (κ1) is 10.7. The number of rotatable bonds is 3. The summed E-state index contributed by atoms with van der Waals surface area (Å²) in [6.45, 7) is 1.73. The van der Waals surface area contributed by atoms with Crippen LogP contribution in [0.5, 0.6) is 0 Å². The van der Waals surface area contributed by atoms with Gasteiger partial charge in [-0.15, -0.1) is 0 Å². The van der Waals surface area contributed by atoms with Gasteiger partial charge in [-0.05, 0) is 25.0 Å². The van der Waals surface area contributed by atoms with E-state index in [1.54, 1.807) is 19.1 Å². The molecule has 0 saturated heterocycles. The van der Waals surface area contributed by atoms with Crippen LogP contribution in [0.2, 0.25) is 0 Å². The molecule has 0 atom stereocenters. The quantitative estimate of drug-likeness (QED) is 0.900. The van der Waals surface area contributed by atoms with Crippen molar-refractivity contribution in [3.05, 3.63) is 24.1 Å². The average Bonchev–Trinajstić information content (AvgIpc) is 2.95. The molecule has 0 aliphatic heterocycles. The van der Waals surface area contributed by atoms with Crippen LogP contribution in [0.1, 0.15) is 18.7 Å². The lowest BCUT2D eigenvalue weighted by molar-refractivity contribution is 0.558. The highest BCUT2D eigenvalue weighted by Crippen LogP contribution is 2.24. The zero-order chi connectivity index (χ0) is 12.0. The molecule has 1 N–H and O–H groups in total. The highest BCUT2D eigenvalue weighted by molar-refractivity contribution is 7.89. The van der Waals surface area contributed by atoms with Crippen molar-refractivity contribution in [1.29, 1.82) is 0 Å². The second-order valence-corrected chi connectivity index (χ2v) is 5.97. The van der Waals surface area contributed by atoms with Crippen LogP contribution in [-0.2, 0) is 10.0 Å². The molecule has 3 rings (SSSR count).